The first kappa shape index (κ1) is 18.8. The molecular weight excluding hydrogens is 220 g/mol. The minimum atomic E-state index is -1.87. The molecule has 13 heavy (non-hydrogen) atoms. The van der Waals surface area contributed by atoms with Gasteiger partial charge in [-0.15, -0.1) is 13.2 Å². The third-order valence-corrected chi connectivity index (χ3v) is 3.42. The maximum absolute atomic E-state index is 8.85. The summed E-state index contributed by atoms with van der Waals surface area (Å²) in [6.07, 6.45) is 0. The second kappa shape index (κ2) is 7.52. The molecule has 3 N–H and O–H groups in total. The van der Waals surface area contributed by atoms with E-state index in [9.17, 15) is 0 Å². The first-order chi connectivity index (χ1) is 5.12. The highest BCUT2D eigenvalue weighted by atomic mass is 35.6. The zero-order valence-corrected chi connectivity index (χ0v) is 11.7. The van der Waals surface area contributed by atoms with E-state index in [2.05, 4.69) is 13.2 Å². The standard InChI is InChI=1S/C4H9ClSi.C4H10OSi.H2O/c2*1-4-6(2,3)5;/h4H,1H2,2-3H3;4-5H,1H2,2-3H3;1H2. The van der Waals surface area contributed by atoms with Gasteiger partial charge in [-0.3, -0.25) is 0 Å². The molecule has 0 atom stereocenters. The molecule has 0 rings (SSSR count). The van der Waals surface area contributed by atoms with Crippen LogP contribution in [0.5, 0.6) is 0 Å². The van der Waals surface area contributed by atoms with Crippen molar-refractivity contribution in [3.63, 3.8) is 0 Å². The van der Waals surface area contributed by atoms with Gasteiger partial charge in [-0.2, -0.15) is 11.1 Å². The second-order valence-electron chi connectivity index (χ2n) is 3.63. The Morgan fingerprint density at radius 1 is 1.08 bits per heavy atom. The van der Waals surface area contributed by atoms with Gasteiger partial charge in [-0.05, 0) is 13.1 Å². The van der Waals surface area contributed by atoms with Gasteiger partial charge in [0.15, 0.2) is 7.38 Å². The first-order valence-electron chi connectivity index (χ1n) is 3.81. The van der Waals surface area contributed by atoms with Gasteiger partial charge in [-0.1, -0.05) is 24.5 Å². The summed E-state index contributed by atoms with van der Waals surface area (Å²) in [6, 6.07) is 0. The predicted molar refractivity (Wildman–Crippen MR) is 67.0 cm³/mol. The quantitative estimate of drug-likeness (QED) is 0.584. The third kappa shape index (κ3) is 33.1. The van der Waals surface area contributed by atoms with Gasteiger partial charge in [0.05, 0.1) is 0 Å². The molecule has 0 bridgehead atoms. The number of hydrogen-bond acceptors (Lipinski definition) is 1. The van der Waals surface area contributed by atoms with Crippen molar-refractivity contribution in [1.82, 2.24) is 0 Å². The number of halogens is 1. The van der Waals surface area contributed by atoms with Crippen LogP contribution in [-0.2, 0) is 0 Å². The molecule has 0 amide bonds. The van der Waals surface area contributed by atoms with Crippen LogP contribution in [0.25, 0.3) is 0 Å². The van der Waals surface area contributed by atoms with Crippen LogP contribution >= 0.6 is 11.1 Å². The van der Waals surface area contributed by atoms with Gasteiger partial charge >= 0.3 is 0 Å². The van der Waals surface area contributed by atoms with Crippen molar-refractivity contribution in [3.05, 3.63) is 24.6 Å². The maximum Gasteiger partial charge on any atom is 0.206 e. The van der Waals surface area contributed by atoms with Crippen LogP contribution in [0, 0.1) is 0 Å². The van der Waals surface area contributed by atoms with Crippen LogP contribution in [-0.4, -0.2) is 26.0 Å². The lowest BCUT2D eigenvalue weighted by Crippen LogP contribution is -2.20. The third-order valence-electron chi connectivity index (χ3n) is 0.985. The second-order valence-corrected chi connectivity index (χ2v) is 13.8. The zero-order valence-electron chi connectivity index (χ0n) is 8.89. The Labute approximate surface area is 88.1 Å². The monoisotopic (exact) mass is 240 g/mol. The molecule has 2 nitrogen and oxygen atoms in total. The fourth-order valence-corrected chi connectivity index (χ4v) is 0. The van der Waals surface area contributed by atoms with Gasteiger partial charge in [-0.25, -0.2) is 0 Å². The largest absolute Gasteiger partial charge is 0.428 e. The highest BCUT2D eigenvalue weighted by molar-refractivity contribution is 7.21. The fourth-order valence-electron chi connectivity index (χ4n) is 0. The molecule has 0 saturated carbocycles. The van der Waals surface area contributed by atoms with Crippen molar-refractivity contribution in [2.24, 2.45) is 0 Å². The minimum absolute atomic E-state index is 0. The summed E-state index contributed by atoms with van der Waals surface area (Å²) in [5.41, 5.74) is 3.47. The van der Waals surface area contributed by atoms with Crippen molar-refractivity contribution in [2.45, 2.75) is 26.2 Å². The molecule has 0 aromatic carbocycles. The van der Waals surface area contributed by atoms with Crippen LogP contribution in [0.3, 0.4) is 0 Å². The molecule has 0 radical (unpaired) electrons. The van der Waals surface area contributed by atoms with Gasteiger partial charge < -0.3 is 10.3 Å². The van der Waals surface area contributed by atoms with Crippen LogP contribution in [0.15, 0.2) is 24.6 Å². The van der Waals surface area contributed by atoms with E-state index in [0.717, 1.165) is 0 Å². The molecule has 0 spiro atoms. The molecule has 80 valence electrons. The van der Waals surface area contributed by atoms with Crippen LogP contribution in [0.1, 0.15) is 0 Å². The Hall–Kier alpha value is 0.124. The van der Waals surface area contributed by atoms with Crippen LogP contribution in [0.4, 0.5) is 0 Å². The molecule has 0 saturated heterocycles. The molecule has 0 heterocycles. The molecule has 0 unspecified atom stereocenters. The van der Waals surface area contributed by atoms with Crippen LogP contribution in [0.2, 0.25) is 26.2 Å². The number of hydrogen-bond donors (Lipinski definition) is 1. The predicted octanol–water partition coefficient (Wildman–Crippen LogP) is 2.24. The van der Waals surface area contributed by atoms with Crippen molar-refractivity contribution >= 4 is 26.8 Å². The van der Waals surface area contributed by atoms with Gasteiger partial charge in [0.2, 0.25) is 8.32 Å². The molecular formula is C8H21ClO2Si2. The highest BCUT2D eigenvalue weighted by Gasteiger charge is 2.08. The van der Waals surface area contributed by atoms with E-state index in [1.165, 1.54) is 0 Å². The Morgan fingerprint density at radius 2 is 1.23 bits per heavy atom. The van der Waals surface area contributed by atoms with E-state index >= 15 is 0 Å². The van der Waals surface area contributed by atoms with Gasteiger partial charge in [0.1, 0.15) is 0 Å². The molecule has 0 aromatic heterocycles. The average Bonchev–Trinajstić information content (AvgIpc) is 1.86. The maximum atomic E-state index is 8.85. The Kier molecular flexibility index (Phi) is 10.9. The van der Waals surface area contributed by atoms with Crippen LogP contribution < -0.4 is 0 Å². The van der Waals surface area contributed by atoms with Crippen molar-refractivity contribution < 1.29 is 10.3 Å². The van der Waals surface area contributed by atoms with Crippen molar-refractivity contribution in [1.29, 1.82) is 0 Å². The highest BCUT2D eigenvalue weighted by Crippen LogP contribution is 2.06. The normalized spacial score (nSPS) is 10.3. The Morgan fingerprint density at radius 3 is 1.23 bits per heavy atom. The lowest BCUT2D eigenvalue weighted by molar-refractivity contribution is 0.567. The summed E-state index contributed by atoms with van der Waals surface area (Å²) in [6.45, 7) is 14.7. The van der Waals surface area contributed by atoms with Crippen molar-refractivity contribution in [2.75, 3.05) is 0 Å². The topological polar surface area (TPSA) is 51.7 Å². The molecule has 0 aliphatic rings. The zero-order chi connectivity index (χ0) is 10.4. The molecule has 0 aliphatic heterocycles. The van der Waals surface area contributed by atoms with Gasteiger partial charge in [0, 0.05) is 0 Å². The molecule has 0 aromatic rings. The smallest absolute Gasteiger partial charge is 0.206 e. The average molecular weight is 241 g/mol. The van der Waals surface area contributed by atoms with Crippen molar-refractivity contribution in [3.8, 4) is 0 Å². The lowest BCUT2D eigenvalue weighted by Gasteiger charge is -2.02. The summed E-state index contributed by atoms with van der Waals surface area (Å²) in [4.78, 5) is 8.85. The Bertz CT molecular complexity index is 129. The summed E-state index contributed by atoms with van der Waals surface area (Å²) in [5, 5.41) is 0. The molecule has 0 aliphatic carbocycles. The summed E-state index contributed by atoms with van der Waals surface area (Å²) < 4.78 is 0. The first-order valence-corrected chi connectivity index (χ1v) is 10.9. The fraction of sp³-hybridized carbons (Fsp3) is 0.500. The summed E-state index contributed by atoms with van der Waals surface area (Å²) in [7, 11) is -3.26. The Balaban J connectivity index is -0.000000143. The molecule has 5 heteroatoms. The molecule has 0 fully saturated rings. The van der Waals surface area contributed by atoms with E-state index in [-0.39, 0.29) is 5.48 Å². The SMILES string of the molecule is C=C[Si](C)(C)Cl.C=C[Si](C)(C)O.O. The minimum Gasteiger partial charge on any atom is -0.428 e. The van der Waals surface area contributed by atoms with E-state index in [0.29, 0.717) is 0 Å². The van der Waals surface area contributed by atoms with E-state index in [4.69, 9.17) is 15.9 Å². The van der Waals surface area contributed by atoms with E-state index in [1.807, 2.05) is 31.9 Å². The van der Waals surface area contributed by atoms with E-state index in [1.54, 1.807) is 5.70 Å². The number of rotatable bonds is 2. The summed E-state index contributed by atoms with van der Waals surface area (Å²) >= 11 is 5.74. The summed E-state index contributed by atoms with van der Waals surface area (Å²) in [5.74, 6) is 0. The van der Waals surface area contributed by atoms with Gasteiger partial charge in [0.25, 0.3) is 0 Å². The lowest BCUT2D eigenvalue weighted by atomic mass is 11.3. The van der Waals surface area contributed by atoms with E-state index < -0.39 is 15.7 Å².